The second-order valence-corrected chi connectivity index (χ2v) is 33.6. The molecule has 5 aliphatic heterocycles. The van der Waals surface area contributed by atoms with Gasteiger partial charge >= 0.3 is 75.8 Å². The summed E-state index contributed by atoms with van der Waals surface area (Å²) in [5, 5.41) is 97.2. The molecule has 5 saturated heterocycles. The molecular weight excluding hydrogens is 1580 g/mol. The predicted octanol–water partition coefficient (Wildman–Crippen LogP) is -5.98. The number of nitrogens with two attached hydrogens (primary N) is 4. The van der Waals surface area contributed by atoms with E-state index in [-0.39, 0.29) is 11.4 Å². The molecule has 0 bridgehead atoms. The number of aromatic nitrogens is 8. The van der Waals surface area contributed by atoms with Crippen LogP contribution in [0.15, 0.2) is 44.0 Å². The molecule has 0 saturated carbocycles. The minimum Gasteiger partial charge on any atom is -0.394 e. The van der Waals surface area contributed by atoms with Gasteiger partial charge in [0.1, 0.15) is 79.1 Å². The zero-order chi connectivity index (χ0) is 75.7. The number of halogens is 5. The Bertz CT molecular complexity index is 4210. The first-order valence-electron chi connectivity index (χ1n) is 26.1. The van der Waals surface area contributed by atoms with Crippen molar-refractivity contribution in [3.63, 3.8) is 0 Å². The van der Waals surface area contributed by atoms with Crippen molar-refractivity contribution in [1.82, 2.24) is 38.2 Å². The quantitative estimate of drug-likeness (QED) is 0.0389. The number of hydrogen-bond donors (Lipinski definition) is 20. The van der Waals surface area contributed by atoms with Crippen molar-refractivity contribution in [2.24, 2.45) is 0 Å². The first-order chi connectivity index (χ1) is 45.8. The van der Waals surface area contributed by atoms with Gasteiger partial charge in [-0.15, -0.1) is 0 Å². The number of nitrogens with zero attached hydrogens (tertiary/aromatic N) is 8. The van der Waals surface area contributed by atoms with Crippen LogP contribution in [0.2, 0.25) is 0 Å². The minimum atomic E-state index is -5.76. The van der Waals surface area contributed by atoms with Crippen molar-refractivity contribution in [1.29, 1.82) is 0 Å². The molecule has 63 heteroatoms. The number of anilines is 4. The van der Waals surface area contributed by atoms with Crippen molar-refractivity contribution in [2.75, 3.05) is 49.4 Å². The predicted molar refractivity (Wildman–Crippen MR) is 310 cm³/mol. The Morgan fingerprint density at radius 1 is 0.480 bits per heavy atom. The van der Waals surface area contributed by atoms with E-state index >= 15 is 0 Å². The number of rotatable bonds is 19. The highest BCUT2D eigenvalue weighted by molar-refractivity contribution is 8.05. The average Bonchev–Trinajstić information content (AvgIpc) is 1.72. The maximum absolute atomic E-state index is 13.5. The first-order valence-corrected chi connectivity index (χ1v) is 38.5. The number of ether oxygens (including phenoxy) is 4. The monoisotopic (exact) mass is 1630 g/mol. The molecule has 0 aliphatic carbocycles. The van der Waals surface area contributed by atoms with Gasteiger partial charge in [0.05, 0.1) is 51.6 Å². The molecule has 5 aliphatic rings. The van der Waals surface area contributed by atoms with Gasteiger partial charge in [0.25, 0.3) is 0 Å². The van der Waals surface area contributed by atoms with E-state index in [1.54, 1.807) is 0 Å². The second kappa shape index (κ2) is 32.9. The van der Waals surface area contributed by atoms with Gasteiger partial charge in [0.2, 0.25) is 0 Å². The Labute approximate surface area is 558 Å². The van der Waals surface area contributed by atoms with Gasteiger partial charge in [-0.3, -0.25) is 31.9 Å². The van der Waals surface area contributed by atoms with Crippen LogP contribution >= 0.6 is 75.5 Å². The van der Waals surface area contributed by atoms with Gasteiger partial charge in [0, 0.05) is 11.8 Å². The summed E-state index contributed by atoms with van der Waals surface area (Å²) in [6, 6.07) is 0. The minimum absolute atomic E-state index is 0.0189. The molecule has 9 heterocycles. The third-order valence-electron chi connectivity index (χ3n) is 12.9. The van der Waals surface area contributed by atoms with Gasteiger partial charge in [-0.2, -0.15) is 41.5 Å². The summed E-state index contributed by atoms with van der Waals surface area (Å²) < 4.78 is 175. The lowest BCUT2D eigenvalue weighted by molar-refractivity contribution is -0.0553. The fraction of sp³-hybridized carbons (Fsp3) is 0.568. The van der Waals surface area contributed by atoms with E-state index in [0.29, 0.717) is 26.1 Å². The summed E-state index contributed by atoms with van der Waals surface area (Å²) in [5.74, 6) is -5.30. The SMILES string of the molecule is Nc1nc(=O)n([C@@H]2O[C@H](CO)C(O)[C@@H]2O)cc1F.Nc1nc(=O)n([C@@H]2O[C@H](COP(=O)(Cl)Cl)C(O)[C@@H]2O)cc1F.Nc1nc(=O)n([C@@H]2O[C@H](COP(=O)(O)OP(=O)(O)OP(=O)(O)O)C(O)[C@@H]2O)cc1F.Nc1nc(=O)n([C@@H]2O[C@H](COP3(=O)OP(=O)(O)OP(=O)(O)O3)C(O)[C@@H]2O)cc1CO. The van der Waals surface area contributed by atoms with Crippen molar-refractivity contribution in [3.05, 3.63) is 89.7 Å². The standard InChI is InChI=1S/C10H16N3O14P3.C9H11Cl2FN3O6P.C9H15FN3O14P3.C9H12FN3O5/c11-8-4(2-14)1-13(10(17)12-8)9-7(16)6(15)5(24-9)3-23-30(22)26-28(18,19)25-29(20,21)27-30;10-22(11,19)20-2-4-5(16)6(17)8(21-4)15-1-3(12)7(13)14-9(15)18;10-3-1-13(9(16)12-7(3)11)8-6(15)5(14)4(25-8)2-24-29(20,21)27-30(22,23)26-28(17,18)19;10-3-1-13(9(17)12-7(3)11)8-6(16)5(15)4(2-14)18-8/h1,5-7,9,14-16H,2-3H2,(H,18,19)(H,20,21)(H2,11,12,17);1,4-6,8,16-17H,2H2,(H2,13,14,18);1,4-6,8,14-15H,2H2,(H,20,21)(H,22,23)(H2,11,12,16)(H2,17,18,19);1,4-6,8,14-16H,2H2,(H2,11,12,17)/t5-,6?,7+,9-;3*4-,5?,6+,8-/m1111/s1. The van der Waals surface area contributed by atoms with Crippen LogP contribution in [-0.4, -0.2) is 218 Å². The zero-order valence-corrected chi connectivity index (χ0v) is 56.3. The fourth-order valence-corrected chi connectivity index (χ4v) is 17.0. The van der Waals surface area contributed by atoms with E-state index < -0.39 is 242 Å². The van der Waals surface area contributed by atoms with E-state index in [2.05, 4.69) is 55.1 Å². The smallest absolute Gasteiger partial charge is 0.394 e. The maximum atomic E-state index is 13.5. The number of phosphoric acid groups is 6. The van der Waals surface area contributed by atoms with Crippen molar-refractivity contribution in [2.45, 2.75) is 105 Å². The Balaban J connectivity index is 0.000000214. The van der Waals surface area contributed by atoms with Crippen molar-refractivity contribution < 1.29 is 180 Å². The number of hydrogen-bond acceptors (Lipinski definition) is 41. The van der Waals surface area contributed by atoms with Crippen LogP contribution in [-0.2, 0) is 92.6 Å². The molecule has 9 rings (SSSR count). The number of nitrogen functional groups attached to an aromatic ring is 4. The normalized spacial score (nSPS) is 33.2. The number of aliphatic hydroxyl groups excluding tert-OH is 10. The van der Waals surface area contributed by atoms with E-state index in [9.17, 15) is 125 Å². The van der Waals surface area contributed by atoms with Gasteiger partial charge in [-0.05, 0) is 22.5 Å². The summed E-state index contributed by atoms with van der Waals surface area (Å²) >= 11 is 10.4. The average molecular weight is 1640 g/mol. The molecule has 51 nitrogen and oxygen atoms in total. The van der Waals surface area contributed by atoms with Crippen LogP contribution in [0, 0.1) is 17.5 Å². The fourth-order valence-electron chi connectivity index (χ4n) is 8.42. The van der Waals surface area contributed by atoms with E-state index in [1.807, 2.05) is 0 Å². The molecule has 0 spiro atoms. The lowest BCUT2D eigenvalue weighted by Crippen LogP contribution is -2.36. The molecule has 0 radical (unpaired) electrons. The molecule has 8 unspecified atom stereocenters. The van der Waals surface area contributed by atoms with Crippen molar-refractivity contribution >= 4 is 98.8 Å². The highest BCUT2D eigenvalue weighted by Gasteiger charge is 2.56. The van der Waals surface area contributed by atoms with Gasteiger partial charge < -0.3 is 127 Å². The topological polar surface area (TPSA) is 798 Å². The first kappa shape index (κ1) is 84.5. The largest absolute Gasteiger partial charge is 0.492 e. The molecule has 20 atom stereocenters. The second-order valence-electron chi connectivity index (χ2n) is 19.9. The number of aliphatic hydroxyl groups is 10. The van der Waals surface area contributed by atoms with Gasteiger partial charge in [-0.25, -0.2) is 59.7 Å². The third kappa shape index (κ3) is 21.9. The van der Waals surface area contributed by atoms with Crippen LogP contribution in [0.5, 0.6) is 0 Å². The summed E-state index contributed by atoms with van der Waals surface area (Å²) in [7, 11) is -32.5. The summed E-state index contributed by atoms with van der Waals surface area (Å²) in [6.07, 6.45) is -25.6. The lowest BCUT2D eigenvalue weighted by atomic mass is 10.1. The summed E-state index contributed by atoms with van der Waals surface area (Å²) in [6.45, 7) is -3.72. The van der Waals surface area contributed by atoms with Crippen LogP contribution in [0.25, 0.3) is 0 Å². The van der Waals surface area contributed by atoms with Gasteiger partial charge in [0.15, 0.2) is 59.8 Å². The Hall–Kier alpha value is -4.42. The zero-order valence-electron chi connectivity index (χ0n) is 48.5. The summed E-state index contributed by atoms with van der Waals surface area (Å²) in [5.41, 5.74) is 16.8. The Morgan fingerprint density at radius 2 is 0.800 bits per heavy atom. The molecule has 100 heavy (non-hydrogen) atoms. The molecular formula is C37H54Cl2F3N12O39P7. The highest BCUT2D eigenvalue weighted by atomic mass is 35.9. The number of phosphoric ester groups is 1. The lowest BCUT2D eigenvalue weighted by Gasteiger charge is -2.27. The Morgan fingerprint density at radius 3 is 1.13 bits per heavy atom. The van der Waals surface area contributed by atoms with Crippen LogP contribution < -0.4 is 45.7 Å². The Kier molecular flexibility index (Phi) is 27.8. The summed E-state index contributed by atoms with van der Waals surface area (Å²) in [4.78, 5) is 114. The van der Waals surface area contributed by atoms with Crippen LogP contribution in [0.3, 0.4) is 0 Å². The molecule has 4 aromatic heterocycles. The molecule has 4 aromatic rings. The molecule has 24 N–H and O–H groups in total. The molecule has 0 aromatic carbocycles. The van der Waals surface area contributed by atoms with Crippen LogP contribution in [0.4, 0.5) is 36.4 Å². The van der Waals surface area contributed by atoms with Crippen molar-refractivity contribution in [3.8, 4) is 0 Å². The van der Waals surface area contributed by atoms with Crippen LogP contribution in [0.1, 0.15) is 30.5 Å². The van der Waals surface area contributed by atoms with E-state index in [0.717, 1.165) is 17.0 Å². The third-order valence-corrected chi connectivity index (χ3v) is 23.1. The molecule has 566 valence electrons. The van der Waals surface area contributed by atoms with E-state index in [1.165, 1.54) is 0 Å². The van der Waals surface area contributed by atoms with Gasteiger partial charge in [-0.1, -0.05) is 0 Å². The maximum Gasteiger partial charge on any atom is 0.492 e. The van der Waals surface area contributed by atoms with E-state index in [4.69, 9.17) is 84.2 Å². The highest BCUT2D eigenvalue weighted by Crippen LogP contribution is 2.80. The molecule has 5 fully saturated rings. The molecule has 0 amide bonds.